The lowest BCUT2D eigenvalue weighted by Gasteiger charge is -2.54. The largest absolute Gasteiger partial charge is 0.458 e. The van der Waals surface area contributed by atoms with E-state index in [9.17, 15) is 14.7 Å². The van der Waals surface area contributed by atoms with E-state index in [-0.39, 0.29) is 24.2 Å². The molecule has 0 aromatic heterocycles. The summed E-state index contributed by atoms with van der Waals surface area (Å²) in [5.74, 6) is -1.58. The van der Waals surface area contributed by atoms with Gasteiger partial charge >= 0.3 is 5.97 Å². The van der Waals surface area contributed by atoms with E-state index < -0.39 is 37.3 Å². The lowest BCUT2D eigenvalue weighted by atomic mass is 9.55. The molecule has 0 amide bonds. The summed E-state index contributed by atoms with van der Waals surface area (Å²) in [6.45, 7) is 21.2. The molecule has 1 aliphatic heterocycles. The summed E-state index contributed by atoms with van der Waals surface area (Å²) >= 11 is 0. The van der Waals surface area contributed by atoms with Gasteiger partial charge in [0.1, 0.15) is 17.5 Å². The second-order valence-electron chi connectivity index (χ2n) is 10.7. The number of carbonyl (C=O) groups excluding carboxylic acids is 2. The molecule has 2 saturated carbocycles. The van der Waals surface area contributed by atoms with Gasteiger partial charge in [0.2, 0.25) is 8.32 Å². The number of ketones is 1. The van der Waals surface area contributed by atoms with E-state index in [1.807, 2.05) is 6.92 Å². The minimum atomic E-state index is -2.26. The Morgan fingerprint density at radius 1 is 1.17 bits per heavy atom. The van der Waals surface area contributed by atoms with Crippen LogP contribution in [-0.2, 0) is 18.8 Å². The van der Waals surface area contributed by atoms with Gasteiger partial charge in [-0.15, -0.1) is 0 Å². The van der Waals surface area contributed by atoms with E-state index in [1.165, 1.54) is 0 Å². The molecule has 29 heavy (non-hydrogen) atoms. The van der Waals surface area contributed by atoms with Crippen LogP contribution in [0.15, 0.2) is 12.2 Å². The quantitative estimate of drug-likeness (QED) is 0.390. The Morgan fingerprint density at radius 3 is 2.14 bits per heavy atom. The van der Waals surface area contributed by atoms with Crippen molar-refractivity contribution in [2.75, 3.05) is 0 Å². The molecule has 0 radical (unpaired) electrons. The standard InChI is InChI=1S/C23H38O5Si/c1-12(2)19-16(28-29(13(3)4,14(5)6)15(7)8)11-22(9)17(24)10-18-23(22,26)20(19)21(25)27-18/h13-16,18-20,26H,1,10-11H2,2-9H3/t16-,18+,19+,20+,22-,23+/m0/s1. The van der Waals surface area contributed by atoms with Gasteiger partial charge in [-0.1, -0.05) is 53.7 Å². The number of hydrogen-bond donors (Lipinski definition) is 1. The lowest BCUT2D eigenvalue weighted by Crippen LogP contribution is -2.65. The van der Waals surface area contributed by atoms with Gasteiger partial charge in [-0.2, -0.15) is 0 Å². The zero-order valence-corrected chi connectivity index (χ0v) is 20.2. The SMILES string of the molecule is C=C(C)[C@@H]1[C@@H](O[Si](C(C)C)(C(C)C)C(C)C)C[C@@]2(C)C(=O)C[C@H]3OC(=O)[C@@H]1[C@]32O. The predicted octanol–water partition coefficient (Wildman–Crippen LogP) is 4.39. The summed E-state index contributed by atoms with van der Waals surface area (Å²) in [5, 5.41) is 11.7. The molecule has 6 heteroatoms. The molecule has 0 spiro atoms. The fourth-order valence-electron chi connectivity index (χ4n) is 7.03. The van der Waals surface area contributed by atoms with Crippen LogP contribution < -0.4 is 0 Å². The van der Waals surface area contributed by atoms with Gasteiger partial charge in [0.05, 0.1) is 17.4 Å². The van der Waals surface area contributed by atoms with Gasteiger partial charge < -0.3 is 14.3 Å². The highest BCUT2D eigenvalue weighted by Gasteiger charge is 2.77. The van der Waals surface area contributed by atoms with Crippen LogP contribution in [0.2, 0.25) is 16.6 Å². The molecular weight excluding hydrogens is 384 g/mol. The van der Waals surface area contributed by atoms with E-state index >= 15 is 0 Å². The van der Waals surface area contributed by atoms with Crippen LogP contribution in [0.4, 0.5) is 0 Å². The summed E-state index contributed by atoms with van der Waals surface area (Å²) < 4.78 is 12.7. The molecule has 3 fully saturated rings. The number of ether oxygens (including phenoxy) is 1. The van der Waals surface area contributed by atoms with Gasteiger partial charge in [0.25, 0.3) is 0 Å². The molecule has 1 saturated heterocycles. The maximum Gasteiger partial charge on any atom is 0.313 e. The van der Waals surface area contributed by atoms with E-state index in [0.717, 1.165) is 5.57 Å². The molecular formula is C23H38O5Si. The minimum Gasteiger partial charge on any atom is -0.458 e. The maximum atomic E-state index is 13.0. The zero-order chi connectivity index (χ0) is 22.1. The van der Waals surface area contributed by atoms with Gasteiger partial charge in [-0.25, -0.2) is 0 Å². The van der Waals surface area contributed by atoms with Crippen molar-refractivity contribution in [3.63, 3.8) is 0 Å². The second-order valence-corrected chi connectivity index (χ2v) is 16.1. The van der Waals surface area contributed by atoms with Gasteiger partial charge in [0, 0.05) is 12.3 Å². The first-order valence-corrected chi connectivity index (χ1v) is 13.2. The molecule has 1 heterocycles. The fourth-order valence-corrected chi connectivity index (χ4v) is 12.6. The minimum absolute atomic E-state index is 0.0258. The lowest BCUT2D eigenvalue weighted by molar-refractivity contribution is -0.173. The summed E-state index contributed by atoms with van der Waals surface area (Å²) in [6.07, 6.45) is -0.575. The summed E-state index contributed by atoms with van der Waals surface area (Å²) in [7, 11) is -2.26. The number of Topliss-reactive ketones (excluding diaryl/α,β-unsaturated/α-hetero) is 1. The first-order valence-electron chi connectivity index (χ1n) is 11.0. The van der Waals surface area contributed by atoms with Crippen molar-refractivity contribution in [3.05, 3.63) is 12.2 Å². The third-order valence-corrected chi connectivity index (χ3v) is 14.5. The maximum absolute atomic E-state index is 13.0. The number of hydrogen-bond acceptors (Lipinski definition) is 5. The smallest absolute Gasteiger partial charge is 0.313 e. The van der Waals surface area contributed by atoms with E-state index in [2.05, 4.69) is 48.1 Å². The van der Waals surface area contributed by atoms with Gasteiger partial charge in [-0.05, 0) is 36.9 Å². The van der Waals surface area contributed by atoms with Crippen molar-refractivity contribution in [2.24, 2.45) is 17.3 Å². The Balaban J connectivity index is 2.13. The molecule has 0 aromatic carbocycles. The van der Waals surface area contributed by atoms with Gasteiger partial charge in [-0.3, -0.25) is 9.59 Å². The molecule has 3 aliphatic rings. The van der Waals surface area contributed by atoms with E-state index in [0.29, 0.717) is 23.0 Å². The van der Waals surface area contributed by atoms with Crippen LogP contribution >= 0.6 is 0 Å². The molecule has 5 nitrogen and oxygen atoms in total. The van der Waals surface area contributed by atoms with Crippen LogP contribution in [0.25, 0.3) is 0 Å². The normalized spacial score (nSPS) is 39.4. The fraction of sp³-hybridized carbons (Fsp3) is 0.826. The Kier molecular flexibility index (Phi) is 5.50. The topological polar surface area (TPSA) is 72.8 Å². The number of aliphatic hydroxyl groups is 1. The molecule has 0 unspecified atom stereocenters. The van der Waals surface area contributed by atoms with Crippen LogP contribution in [0.1, 0.15) is 68.2 Å². The summed E-state index contributed by atoms with van der Waals surface area (Å²) in [6, 6.07) is 0. The monoisotopic (exact) mass is 422 g/mol. The van der Waals surface area contributed by atoms with Crippen molar-refractivity contribution in [1.82, 2.24) is 0 Å². The highest BCUT2D eigenvalue weighted by Crippen LogP contribution is 2.63. The molecule has 3 rings (SSSR count). The average molecular weight is 423 g/mol. The van der Waals surface area contributed by atoms with Crippen LogP contribution in [0, 0.1) is 17.3 Å². The van der Waals surface area contributed by atoms with Crippen LogP contribution in [0.5, 0.6) is 0 Å². The molecule has 2 aliphatic carbocycles. The van der Waals surface area contributed by atoms with E-state index in [1.54, 1.807) is 6.92 Å². The third kappa shape index (κ3) is 2.78. The van der Waals surface area contributed by atoms with Gasteiger partial charge in [0.15, 0.2) is 0 Å². The van der Waals surface area contributed by atoms with Crippen LogP contribution in [-0.4, -0.2) is 43.0 Å². The third-order valence-electron chi connectivity index (χ3n) is 8.35. The Hall–Kier alpha value is -0.983. The summed E-state index contributed by atoms with van der Waals surface area (Å²) in [4.78, 5) is 25.9. The zero-order valence-electron chi connectivity index (χ0n) is 19.2. The number of carbonyl (C=O) groups is 2. The van der Waals surface area contributed by atoms with Crippen molar-refractivity contribution in [2.45, 2.75) is 103 Å². The highest BCUT2D eigenvalue weighted by molar-refractivity contribution is 6.77. The van der Waals surface area contributed by atoms with Crippen molar-refractivity contribution in [3.8, 4) is 0 Å². The highest BCUT2D eigenvalue weighted by atomic mass is 28.4. The molecule has 164 valence electrons. The molecule has 1 N–H and O–H groups in total. The summed E-state index contributed by atoms with van der Waals surface area (Å²) in [5.41, 5.74) is -0.552. The first kappa shape index (κ1) is 22.7. The molecule has 6 atom stereocenters. The number of rotatable bonds is 6. The van der Waals surface area contributed by atoms with Crippen LogP contribution in [0.3, 0.4) is 0 Å². The predicted molar refractivity (Wildman–Crippen MR) is 115 cm³/mol. The Bertz CT molecular complexity index is 707. The van der Waals surface area contributed by atoms with Crippen molar-refractivity contribution >= 4 is 20.1 Å². The van der Waals surface area contributed by atoms with Crippen molar-refractivity contribution in [1.29, 1.82) is 0 Å². The molecule has 0 bridgehead atoms. The number of esters is 1. The second kappa shape index (κ2) is 7.03. The Labute approximate surface area is 176 Å². The Morgan fingerprint density at radius 2 is 1.69 bits per heavy atom. The molecule has 0 aromatic rings. The average Bonchev–Trinajstić information content (AvgIpc) is 2.93. The van der Waals surface area contributed by atoms with E-state index in [4.69, 9.17) is 9.16 Å². The van der Waals surface area contributed by atoms with Crippen molar-refractivity contribution < 1.29 is 23.9 Å². The first-order chi connectivity index (χ1) is 13.2.